The average Bonchev–Trinajstić information content (AvgIpc) is 2.52. The Morgan fingerprint density at radius 1 is 1.39 bits per heavy atom. The minimum absolute atomic E-state index is 0.0136. The second-order valence-electron chi connectivity index (χ2n) is 6.55. The lowest BCUT2D eigenvalue weighted by Crippen LogP contribution is -2.56. The van der Waals surface area contributed by atoms with Crippen LogP contribution in [-0.2, 0) is 6.42 Å². The van der Waals surface area contributed by atoms with Crippen LogP contribution in [0, 0.1) is 0 Å². The third kappa shape index (κ3) is 3.90. The van der Waals surface area contributed by atoms with Gasteiger partial charge in [0.2, 0.25) is 0 Å². The van der Waals surface area contributed by atoms with Gasteiger partial charge in [0.25, 0.3) is 0 Å². The number of likely N-dealkylation sites (tertiary alicyclic amines) is 1. The number of benzene rings is 1. The molecule has 0 bridgehead atoms. The first-order valence-electron chi connectivity index (χ1n) is 8.21. The van der Waals surface area contributed by atoms with Gasteiger partial charge in [-0.2, -0.15) is 0 Å². The number of amides is 2. The Labute approximate surface area is 142 Å². The van der Waals surface area contributed by atoms with Crippen molar-refractivity contribution in [1.82, 2.24) is 15.5 Å². The molecule has 23 heavy (non-hydrogen) atoms. The molecule has 0 aliphatic carbocycles. The van der Waals surface area contributed by atoms with Crippen LogP contribution in [0.3, 0.4) is 0 Å². The Hall–Kier alpha value is -1.46. The van der Waals surface area contributed by atoms with Crippen molar-refractivity contribution in [1.29, 1.82) is 0 Å². The molecule has 6 heteroatoms. The summed E-state index contributed by atoms with van der Waals surface area (Å²) in [6.45, 7) is 3.73. The van der Waals surface area contributed by atoms with Gasteiger partial charge < -0.3 is 20.3 Å². The molecule has 5 nitrogen and oxygen atoms in total. The molecule has 2 N–H and O–H groups in total. The monoisotopic (exact) mass is 337 g/mol. The Kier molecular flexibility index (Phi) is 4.97. The molecule has 1 aromatic rings. The smallest absolute Gasteiger partial charge is 0.315 e. The van der Waals surface area contributed by atoms with E-state index in [0.29, 0.717) is 17.7 Å². The van der Waals surface area contributed by atoms with E-state index in [1.807, 2.05) is 18.2 Å². The van der Waals surface area contributed by atoms with Gasteiger partial charge in [-0.1, -0.05) is 17.7 Å². The lowest BCUT2D eigenvalue weighted by Gasteiger charge is -2.37. The van der Waals surface area contributed by atoms with Gasteiger partial charge in [-0.05, 0) is 57.5 Å². The second-order valence-corrected chi connectivity index (χ2v) is 6.99. The van der Waals surface area contributed by atoms with E-state index in [9.17, 15) is 4.79 Å². The third-order valence-corrected chi connectivity index (χ3v) is 5.13. The van der Waals surface area contributed by atoms with E-state index in [2.05, 4.69) is 29.5 Å². The van der Waals surface area contributed by atoms with Crippen LogP contribution in [0.15, 0.2) is 18.2 Å². The minimum Gasteiger partial charge on any atom is -0.491 e. The highest BCUT2D eigenvalue weighted by atomic mass is 35.5. The van der Waals surface area contributed by atoms with Crippen LogP contribution in [0.25, 0.3) is 0 Å². The van der Waals surface area contributed by atoms with E-state index in [-0.39, 0.29) is 18.1 Å². The zero-order valence-corrected chi connectivity index (χ0v) is 14.4. The summed E-state index contributed by atoms with van der Waals surface area (Å²) in [5.41, 5.74) is 1.08. The van der Waals surface area contributed by atoms with Gasteiger partial charge in [-0.15, -0.1) is 0 Å². The molecule has 0 saturated carbocycles. The average molecular weight is 338 g/mol. The summed E-state index contributed by atoms with van der Waals surface area (Å²) < 4.78 is 5.71. The van der Waals surface area contributed by atoms with Crippen molar-refractivity contribution in [3.63, 3.8) is 0 Å². The van der Waals surface area contributed by atoms with Crippen LogP contribution in [0.4, 0.5) is 4.79 Å². The molecule has 3 atom stereocenters. The van der Waals surface area contributed by atoms with Gasteiger partial charge in [0.1, 0.15) is 12.4 Å². The molecular weight excluding hydrogens is 314 g/mol. The lowest BCUT2D eigenvalue weighted by atomic mass is 9.98. The van der Waals surface area contributed by atoms with Gasteiger partial charge in [0, 0.05) is 17.1 Å². The van der Waals surface area contributed by atoms with E-state index in [1.165, 1.54) is 0 Å². The van der Waals surface area contributed by atoms with Crippen molar-refractivity contribution in [3.8, 4) is 5.75 Å². The molecule has 3 rings (SSSR count). The lowest BCUT2D eigenvalue weighted by molar-refractivity contribution is 0.152. The first-order chi connectivity index (χ1) is 11.0. The fraction of sp³-hybridized carbons (Fsp3) is 0.588. The molecule has 2 amide bonds. The molecule has 2 aliphatic rings. The van der Waals surface area contributed by atoms with Crippen LogP contribution in [0.5, 0.6) is 5.75 Å². The van der Waals surface area contributed by atoms with Crippen molar-refractivity contribution < 1.29 is 9.53 Å². The topological polar surface area (TPSA) is 53.6 Å². The second kappa shape index (κ2) is 6.97. The standard InChI is InChI=1S/C17H24ClN3O2/c1-11-15(4-3-7-21(11)2)20-17(22)19-14-8-12-5-6-13(18)9-16(12)23-10-14/h5-6,9,11,14-15H,3-4,7-8,10H2,1-2H3,(H2,19,20,22). The number of hydrogen-bond acceptors (Lipinski definition) is 3. The molecule has 2 heterocycles. The summed E-state index contributed by atoms with van der Waals surface area (Å²) in [4.78, 5) is 14.6. The number of halogens is 1. The maximum Gasteiger partial charge on any atom is 0.315 e. The van der Waals surface area contributed by atoms with Crippen LogP contribution in [-0.4, -0.2) is 49.3 Å². The summed E-state index contributed by atoms with van der Waals surface area (Å²) in [7, 11) is 2.10. The predicted octanol–water partition coefficient (Wildman–Crippen LogP) is 2.43. The maximum absolute atomic E-state index is 12.3. The van der Waals surface area contributed by atoms with Crippen molar-refractivity contribution in [2.24, 2.45) is 0 Å². The van der Waals surface area contributed by atoms with Crippen LogP contribution in [0.2, 0.25) is 5.02 Å². The SMILES string of the molecule is CC1C(NC(=O)NC2COc3cc(Cl)ccc3C2)CCCN1C. The number of nitrogens with one attached hydrogen (secondary N) is 2. The van der Waals surface area contributed by atoms with Gasteiger partial charge >= 0.3 is 6.03 Å². The molecule has 0 spiro atoms. The number of carbonyl (C=O) groups is 1. The quantitative estimate of drug-likeness (QED) is 0.871. The Bertz CT molecular complexity index is 581. The largest absolute Gasteiger partial charge is 0.491 e. The minimum atomic E-state index is -0.108. The summed E-state index contributed by atoms with van der Waals surface area (Å²) in [5, 5.41) is 6.81. The number of likely N-dealkylation sites (N-methyl/N-ethyl adjacent to an activating group) is 1. The van der Waals surface area contributed by atoms with Gasteiger partial charge in [-0.3, -0.25) is 0 Å². The number of hydrogen-bond donors (Lipinski definition) is 2. The maximum atomic E-state index is 12.3. The molecule has 2 aliphatic heterocycles. The van der Waals surface area contributed by atoms with Crippen molar-refractivity contribution in [2.75, 3.05) is 20.2 Å². The van der Waals surface area contributed by atoms with Gasteiger partial charge in [0.05, 0.1) is 6.04 Å². The van der Waals surface area contributed by atoms with E-state index in [0.717, 1.165) is 37.1 Å². The molecule has 1 fully saturated rings. The highest BCUT2D eigenvalue weighted by molar-refractivity contribution is 6.30. The predicted molar refractivity (Wildman–Crippen MR) is 91.2 cm³/mol. The number of carbonyl (C=O) groups excluding carboxylic acids is 1. The molecule has 3 unspecified atom stereocenters. The number of fused-ring (bicyclic) bond motifs is 1. The highest BCUT2D eigenvalue weighted by Crippen LogP contribution is 2.27. The zero-order valence-electron chi connectivity index (χ0n) is 13.6. The number of ether oxygens (including phenoxy) is 1. The first kappa shape index (κ1) is 16.4. The van der Waals surface area contributed by atoms with E-state index in [4.69, 9.17) is 16.3 Å². The Morgan fingerprint density at radius 3 is 3.04 bits per heavy atom. The van der Waals surface area contributed by atoms with Crippen molar-refractivity contribution >= 4 is 17.6 Å². The van der Waals surface area contributed by atoms with E-state index >= 15 is 0 Å². The highest BCUT2D eigenvalue weighted by Gasteiger charge is 2.28. The number of piperidine rings is 1. The zero-order chi connectivity index (χ0) is 16.4. The molecule has 1 saturated heterocycles. The molecule has 126 valence electrons. The van der Waals surface area contributed by atoms with Crippen molar-refractivity contribution in [3.05, 3.63) is 28.8 Å². The number of rotatable bonds is 2. The number of nitrogens with zero attached hydrogens (tertiary/aromatic N) is 1. The Balaban J connectivity index is 1.54. The fourth-order valence-corrected chi connectivity index (χ4v) is 3.50. The van der Waals surface area contributed by atoms with Crippen LogP contribution >= 0.6 is 11.6 Å². The molecule has 0 radical (unpaired) electrons. The first-order valence-corrected chi connectivity index (χ1v) is 8.59. The molecule has 1 aromatic carbocycles. The van der Waals surface area contributed by atoms with Crippen molar-refractivity contribution in [2.45, 2.75) is 44.3 Å². The van der Waals surface area contributed by atoms with Crippen LogP contribution < -0.4 is 15.4 Å². The summed E-state index contributed by atoms with van der Waals surface area (Å²) in [5.74, 6) is 0.818. The molecular formula is C17H24ClN3O2. The summed E-state index contributed by atoms with van der Waals surface area (Å²) in [6.07, 6.45) is 2.91. The summed E-state index contributed by atoms with van der Waals surface area (Å²) >= 11 is 5.97. The summed E-state index contributed by atoms with van der Waals surface area (Å²) in [6, 6.07) is 6.08. The number of urea groups is 1. The van der Waals surface area contributed by atoms with Gasteiger partial charge in [0.15, 0.2) is 0 Å². The normalized spacial score (nSPS) is 27.7. The van der Waals surface area contributed by atoms with E-state index in [1.54, 1.807) is 0 Å². The van der Waals surface area contributed by atoms with E-state index < -0.39 is 0 Å². The molecule has 0 aromatic heterocycles. The Morgan fingerprint density at radius 2 is 2.22 bits per heavy atom. The van der Waals surface area contributed by atoms with Gasteiger partial charge in [-0.25, -0.2) is 4.79 Å². The van der Waals surface area contributed by atoms with Crippen LogP contribution in [0.1, 0.15) is 25.3 Å². The fourth-order valence-electron chi connectivity index (χ4n) is 3.34. The third-order valence-electron chi connectivity index (χ3n) is 4.89.